The van der Waals surface area contributed by atoms with Gasteiger partial charge in [0.25, 0.3) is 0 Å². The number of hydrogen-bond acceptors (Lipinski definition) is 5. The molecule has 0 aliphatic carbocycles. The van der Waals surface area contributed by atoms with Crippen LogP contribution in [0.1, 0.15) is 24.6 Å². The van der Waals surface area contributed by atoms with E-state index in [1.807, 2.05) is 16.7 Å². The summed E-state index contributed by atoms with van der Waals surface area (Å²) >= 11 is 0. The fourth-order valence-corrected chi connectivity index (χ4v) is 5.36. The van der Waals surface area contributed by atoms with Gasteiger partial charge < -0.3 is 9.30 Å². The number of carbonyl (C=O) groups is 1. The number of hydrogen-bond donors (Lipinski definition) is 0. The number of halogens is 1. The van der Waals surface area contributed by atoms with Crippen LogP contribution in [0.3, 0.4) is 0 Å². The van der Waals surface area contributed by atoms with E-state index in [-0.39, 0.29) is 23.5 Å². The Labute approximate surface area is 174 Å². The number of likely N-dealkylation sites (N-methyl/N-ethyl adjacent to an activating group) is 1. The Hall–Kier alpha value is -2.78. The molecule has 0 radical (unpaired) electrons. The van der Waals surface area contributed by atoms with Crippen LogP contribution in [-0.2, 0) is 39.1 Å². The summed E-state index contributed by atoms with van der Waals surface area (Å²) in [6, 6.07) is 8.31. The Morgan fingerprint density at radius 3 is 2.73 bits per heavy atom. The lowest BCUT2D eigenvalue weighted by molar-refractivity contribution is -0.142. The highest BCUT2D eigenvalue weighted by atomic mass is 32.2. The van der Waals surface area contributed by atoms with Gasteiger partial charge in [0.05, 0.1) is 4.90 Å². The van der Waals surface area contributed by atoms with Crippen molar-refractivity contribution in [1.82, 2.24) is 13.9 Å². The maximum atomic E-state index is 13.2. The highest BCUT2D eigenvalue weighted by Gasteiger charge is 2.33. The normalized spacial score (nSPS) is 16.6. The number of ether oxygens (including phenoxy) is 1. The molecule has 7 nitrogen and oxygen atoms in total. The van der Waals surface area contributed by atoms with Gasteiger partial charge in [0.1, 0.15) is 18.1 Å². The maximum absolute atomic E-state index is 13.2. The number of sulfonamides is 1. The summed E-state index contributed by atoms with van der Waals surface area (Å²) < 4.78 is 47.9. The fourth-order valence-electron chi connectivity index (χ4n) is 3.98. The van der Waals surface area contributed by atoms with Crippen molar-refractivity contribution in [2.45, 2.75) is 43.9 Å². The number of esters is 1. The molecule has 0 bridgehead atoms. The fraction of sp³-hybridized carbons (Fsp3) is 0.333. The molecule has 0 saturated carbocycles. The number of benzene rings is 1. The van der Waals surface area contributed by atoms with Gasteiger partial charge in [-0.05, 0) is 49.2 Å². The molecule has 30 heavy (non-hydrogen) atoms. The number of fused-ring (bicyclic) bond motifs is 3. The predicted molar refractivity (Wildman–Crippen MR) is 109 cm³/mol. The minimum Gasteiger partial charge on any atom is -0.461 e. The maximum Gasteiger partial charge on any atom is 0.302 e. The van der Waals surface area contributed by atoms with Crippen LogP contribution in [0, 0.1) is 5.82 Å². The van der Waals surface area contributed by atoms with Gasteiger partial charge in [-0.15, -0.1) is 0 Å². The zero-order chi connectivity index (χ0) is 21.5. The molecule has 0 spiro atoms. The van der Waals surface area contributed by atoms with Crippen molar-refractivity contribution >= 4 is 27.0 Å². The summed E-state index contributed by atoms with van der Waals surface area (Å²) in [6.45, 7) is 1.96. The third-order valence-electron chi connectivity index (χ3n) is 5.57. The minimum absolute atomic E-state index is 0.0585. The van der Waals surface area contributed by atoms with Gasteiger partial charge in [0.15, 0.2) is 0 Å². The van der Waals surface area contributed by atoms with Crippen LogP contribution in [0.25, 0.3) is 11.0 Å². The second kappa shape index (κ2) is 7.81. The van der Waals surface area contributed by atoms with Crippen molar-refractivity contribution in [3.8, 4) is 0 Å². The zero-order valence-electron chi connectivity index (χ0n) is 16.7. The lowest BCUT2D eigenvalue weighted by Gasteiger charge is -2.32. The second-order valence-corrected chi connectivity index (χ2v) is 9.36. The number of aromatic nitrogens is 2. The lowest BCUT2D eigenvalue weighted by atomic mass is 10.0. The standard InChI is InChI=1S/C21H22FN3O4S/c1-14(26)29-13-19-18-4-3-11-23-21(18)25-12-16(7-10-20(19)25)24(2)30(27,28)17-8-5-15(22)6-9-17/h3-6,8-9,11,16H,7,10,12-13H2,1-2H3. The molecule has 1 aromatic carbocycles. The molecule has 3 aromatic rings. The third kappa shape index (κ3) is 3.59. The summed E-state index contributed by atoms with van der Waals surface area (Å²) in [6.07, 6.45) is 2.93. The Bertz CT molecular complexity index is 1200. The van der Waals surface area contributed by atoms with E-state index >= 15 is 0 Å². The first-order valence-electron chi connectivity index (χ1n) is 9.61. The SMILES string of the molecule is CC(=O)OCc1c2n(c3ncccc13)CC(N(C)S(=O)(=O)c1ccc(F)cc1)CC2. The first-order chi connectivity index (χ1) is 14.3. The summed E-state index contributed by atoms with van der Waals surface area (Å²) in [5.74, 6) is -0.838. The van der Waals surface area contributed by atoms with Crippen molar-refractivity contribution in [2.75, 3.05) is 7.05 Å². The third-order valence-corrected chi connectivity index (χ3v) is 7.50. The highest BCUT2D eigenvalue weighted by molar-refractivity contribution is 7.89. The highest BCUT2D eigenvalue weighted by Crippen LogP contribution is 2.32. The number of nitrogens with zero attached hydrogens (tertiary/aromatic N) is 3. The van der Waals surface area contributed by atoms with Crippen LogP contribution >= 0.6 is 0 Å². The predicted octanol–water partition coefficient (Wildman–Crippen LogP) is 2.87. The summed E-state index contributed by atoms with van der Waals surface area (Å²) in [5.41, 5.74) is 2.66. The average Bonchev–Trinajstić information content (AvgIpc) is 3.05. The van der Waals surface area contributed by atoms with Gasteiger partial charge in [0.2, 0.25) is 10.0 Å². The topological polar surface area (TPSA) is 81.5 Å². The molecule has 1 aliphatic rings. The lowest BCUT2D eigenvalue weighted by Crippen LogP contribution is -2.42. The smallest absolute Gasteiger partial charge is 0.302 e. The van der Waals surface area contributed by atoms with Crippen molar-refractivity contribution in [3.63, 3.8) is 0 Å². The molecule has 0 N–H and O–H groups in total. The van der Waals surface area contributed by atoms with Crippen LogP contribution in [0.15, 0.2) is 47.5 Å². The Kier molecular flexibility index (Phi) is 5.33. The van der Waals surface area contributed by atoms with Gasteiger partial charge >= 0.3 is 5.97 Å². The zero-order valence-corrected chi connectivity index (χ0v) is 17.5. The van der Waals surface area contributed by atoms with E-state index in [4.69, 9.17) is 4.74 Å². The minimum atomic E-state index is -3.76. The van der Waals surface area contributed by atoms with Crippen LogP contribution in [0.4, 0.5) is 4.39 Å². The molecule has 158 valence electrons. The van der Waals surface area contributed by atoms with E-state index in [1.54, 1.807) is 13.2 Å². The molecule has 9 heteroatoms. The summed E-state index contributed by atoms with van der Waals surface area (Å²) in [5, 5.41) is 0.901. The van der Waals surface area contributed by atoms with Gasteiger partial charge in [-0.2, -0.15) is 4.31 Å². The first kappa shape index (κ1) is 20.5. The van der Waals surface area contributed by atoms with Crippen molar-refractivity contribution < 1.29 is 22.3 Å². The van der Waals surface area contributed by atoms with Crippen molar-refractivity contribution in [2.24, 2.45) is 0 Å². The van der Waals surface area contributed by atoms with Crippen LogP contribution in [0.5, 0.6) is 0 Å². The molecule has 0 fully saturated rings. The Morgan fingerprint density at radius 1 is 1.30 bits per heavy atom. The molecule has 0 saturated heterocycles. The molecular formula is C21H22FN3O4S. The molecule has 1 aliphatic heterocycles. The Balaban J connectivity index is 1.67. The van der Waals surface area contributed by atoms with Crippen LogP contribution < -0.4 is 0 Å². The molecule has 3 heterocycles. The van der Waals surface area contributed by atoms with Crippen LogP contribution in [-0.4, -0.2) is 41.3 Å². The molecular weight excluding hydrogens is 409 g/mol. The van der Waals surface area contributed by atoms with E-state index in [9.17, 15) is 17.6 Å². The van der Waals surface area contributed by atoms with E-state index in [1.165, 1.54) is 23.4 Å². The molecule has 4 rings (SSSR count). The summed E-state index contributed by atoms with van der Waals surface area (Å²) in [4.78, 5) is 15.8. The van der Waals surface area contributed by atoms with Crippen molar-refractivity contribution in [3.05, 3.63) is 59.7 Å². The van der Waals surface area contributed by atoms with E-state index in [2.05, 4.69) is 4.98 Å². The largest absolute Gasteiger partial charge is 0.461 e. The molecule has 1 atom stereocenters. The average molecular weight is 431 g/mol. The number of carbonyl (C=O) groups excluding carboxylic acids is 1. The van der Waals surface area contributed by atoms with Gasteiger partial charge in [-0.25, -0.2) is 17.8 Å². The number of rotatable bonds is 5. The van der Waals surface area contributed by atoms with E-state index in [0.29, 0.717) is 19.4 Å². The Morgan fingerprint density at radius 2 is 2.03 bits per heavy atom. The quantitative estimate of drug-likeness (QED) is 0.581. The molecule has 2 aromatic heterocycles. The van der Waals surface area contributed by atoms with E-state index < -0.39 is 15.8 Å². The van der Waals surface area contributed by atoms with Crippen LogP contribution in [0.2, 0.25) is 0 Å². The number of pyridine rings is 1. The second-order valence-electron chi connectivity index (χ2n) is 7.36. The molecule has 0 amide bonds. The monoisotopic (exact) mass is 431 g/mol. The van der Waals surface area contributed by atoms with Crippen molar-refractivity contribution in [1.29, 1.82) is 0 Å². The van der Waals surface area contributed by atoms with Gasteiger partial charge in [-0.3, -0.25) is 4.79 Å². The van der Waals surface area contributed by atoms with Gasteiger partial charge in [-0.1, -0.05) is 0 Å². The molecule has 1 unspecified atom stereocenters. The van der Waals surface area contributed by atoms with Gasteiger partial charge in [0, 0.05) is 49.4 Å². The first-order valence-corrected chi connectivity index (χ1v) is 11.0. The van der Waals surface area contributed by atoms with E-state index in [0.717, 1.165) is 34.4 Å². The summed E-state index contributed by atoms with van der Waals surface area (Å²) in [7, 11) is -2.21.